The fraction of sp³-hybridized carbons (Fsp3) is 0.379. The predicted molar refractivity (Wildman–Crippen MR) is 129 cm³/mol. The maximum absolute atomic E-state index is 12.8. The first-order chi connectivity index (χ1) is 15.9. The minimum absolute atomic E-state index is 0.0987. The Bertz CT molecular complexity index is 1260. The molecule has 0 atom stereocenters. The van der Waals surface area contributed by atoms with Crippen LogP contribution in [-0.4, -0.2) is 19.0 Å². The number of rotatable bonds is 4. The van der Waals surface area contributed by atoms with Crippen molar-refractivity contribution in [3.05, 3.63) is 71.3 Å². The van der Waals surface area contributed by atoms with Crippen molar-refractivity contribution in [1.29, 1.82) is 0 Å². The van der Waals surface area contributed by atoms with Crippen LogP contribution < -0.4 is 5.73 Å². The van der Waals surface area contributed by atoms with Gasteiger partial charge in [-0.05, 0) is 119 Å². The van der Waals surface area contributed by atoms with Crippen molar-refractivity contribution in [3.63, 3.8) is 0 Å². The van der Waals surface area contributed by atoms with Crippen LogP contribution in [0.15, 0.2) is 54.6 Å². The highest BCUT2D eigenvalue weighted by Gasteiger charge is 2.52. The molecular weight excluding hydrogens is 410 g/mol. The third kappa shape index (κ3) is 3.35. The fourth-order valence-electron chi connectivity index (χ4n) is 7.47. The monoisotopic (exact) mass is 439 g/mol. The van der Waals surface area contributed by atoms with E-state index >= 15 is 0 Å². The third-order valence-electron chi connectivity index (χ3n) is 8.49. The van der Waals surface area contributed by atoms with Gasteiger partial charge in [0.05, 0.1) is 12.7 Å². The number of amides is 1. The number of hydrogen-bond donors (Lipinski definition) is 1. The van der Waals surface area contributed by atoms with Gasteiger partial charge in [0.25, 0.3) is 0 Å². The van der Waals surface area contributed by atoms with Gasteiger partial charge in [-0.3, -0.25) is 4.79 Å². The SMILES string of the molecule is COC(=O)c1ccc(-c2ccc3cc(C(N)=O)ccc3c2)cc1C12CC3CC(CC(C3)C1)C2. The van der Waals surface area contributed by atoms with Gasteiger partial charge in [-0.25, -0.2) is 4.79 Å². The van der Waals surface area contributed by atoms with Gasteiger partial charge < -0.3 is 10.5 Å². The van der Waals surface area contributed by atoms with Crippen molar-refractivity contribution in [2.45, 2.75) is 43.9 Å². The van der Waals surface area contributed by atoms with E-state index in [1.807, 2.05) is 30.3 Å². The van der Waals surface area contributed by atoms with Gasteiger partial charge in [-0.1, -0.05) is 24.3 Å². The molecule has 1 amide bonds. The summed E-state index contributed by atoms with van der Waals surface area (Å²) in [7, 11) is 1.48. The highest BCUT2D eigenvalue weighted by atomic mass is 16.5. The number of primary amides is 1. The zero-order valence-electron chi connectivity index (χ0n) is 19.0. The van der Waals surface area contributed by atoms with E-state index in [9.17, 15) is 9.59 Å². The van der Waals surface area contributed by atoms with E-state index in [-0.39, 0.29) is 11.4 Å². The van der Waals surface area contributed by atoms with Crippen molar-refractivity contribution < 1.29 is 14.3 Å². The molecule has 4 aliphatic rings. The smallest absolute Gasteiger partial charge is 0.338 e. The molecule has 3 aromatic carbocycles. The number of fused-ring (bicyclic) bond motifs is 1. The second kappa shape index (κ2) is 7.44. The summed E-state index contributed by atoms with van der Waals surface area (Å²) >= 11 is 0. The van der Waals surface area contributed by atoms with Crippen LogP contribution in [-0.2, 0) is 10.2 Å². The lowest BCUT2D eigenvalue weighted by molar-refractivity contribution is -0.00591. The van der Waals surface area contributed by atoms with E-state index in [1.54, 1.807) is 6.07 Å². The first-order valence-electron chi connectivity index (χ1n) is 12.0. The lowest BCUT2D eigenvalue weighted by atomic mass is 9.47. The normalized spacial score (nSPS) is 27.6. The van der Waals surface area contributed by atoms with Crippen molar-refractivity contribution in [1.82, 2.24) is 0 Å². The van der Waals surface area contributed by atoms with Crippen LogP contribution in [0.3, 0.4) is 0 Å². The number of benzene rings is 3. The average Bonchev–Trinajstić information content (AvgIpc) is 2.81. The summed E-state index contributed by atoms with van der Waals surface area (Å²) < 4.78 is 5.20. The standard InChI is InChI=1S/C29H29NO3/c1-33-28(32)25-7-6-23(21-2-3-22-12-24(27(30)31)5-4-20(22)11-21)13-26(25)29-14-17-8-18(15-29)10-19(9-17)16-29/h2-7,11-13,17-19H,8-10,14-16H2,1H3,(H2,30,31). The number of esters is 1. The molecule has 33 heavy (non-hydrogen) atoms. The molecule has 168 valence electrons. The van der Waals surface area contributed by atoms with Crippen LogP contribution in [0, 0.1) is 17.8 Å². The van der Waals surface area contributed by atoms with Gasteiger partial charge in [0.1, 0.15) is 0 Å². The molecule has 4 nitrogen and oxygen atoms in total. The Balaban J connectivity index is 1.46. The second-order valence-corrected chi connectivity index (χ2v) is 10.6. The van der Waals surface area contributed by atoms with Gasteiger partial charge in [0.2, 0.25) is 5.91 Å². The quantitative estimate of drug-likeness (QED) is 0.518. The molecule has 0 aromatic heterocycles. The van der Waals surface area contributed by atoms with Crippen molar-refractivity contribution >= 4 is 22.6 Å². The van der Waals surface area contributed by atoms with Crippen LogP contribution in [0.1, 0.15) is 64.8 Å². The molecule has 3 aromatic rings. The molecule has 0 radical (unpaired) electrons. The maximum Gasteiger partial charge on any atom is 0.338 e. The number of carbonyl (C=O) groups excluding carboxylic acids is 2. The highest BCUT2D eigenvalue weighted by Crippen LogP contribution is 2.61. The Morgan fingerprint density at radius 1 is 0.818 bits per heavy atom. The number of nitrogens with two attached hydrogens (primary N) is 1. The third-order valence-corrected chi connectivity index (χ3v) is 8.49. The summed E-state index contributed by atoms with van der Waals surface area (Å²) in [5, 5.41) is 2.05. The Kier molecular flexibility index (Phi) is 4.62. The summed E-state index contributed by atoms with van der Waals surface area (Å²) in [6.45, 7) is 0. The molecular formula is C29H29NO3. The van der Waals surface area contributed by atoms with Gasteiger partial charge >= 0.3 is 5.97 Å². The van der Waals surface area contributed by atoms with E-state index in [2.05, 4.69) is 18.2 Å². The summed E-state index contributed by atoms with van der Waals surface area (Å²) in [4.78, 5) is 24.3. The van der Waals surface area contributed by atoms with E-state index in [0.717, 1.165) is 45.2 Å². The number of carbonyl (C=O) groups is 2. The minimum atomic E-state index is -0.417. The van der Waals surface area contributed by atoms with Crippen LogP contribution >= 0.6 is 0 Å². The van der Waals surface area contributed by atoms with Crippen molar-refractivity contribution in [3.8, 4) is 11.1 Å². The van der Waals surface area contributed by atoms with Crippen LogP contribution in [0.5, 0.6) is 0 Å². The first-order valence-corrected chi connectivity index (χ1v) is 12.0. The largest absolute Gasteiger partial charge is 0.465 e. The second-order valence-electron chi connectivity index (χ2n) is 10.6. The zero-order chi connectivity index (χ0) is 22.7. The summed E-state index contributed by atoms with van der Waals surface area (Å²) in [6.07, 6.45) is 7.68. The lowest BCUT2D eigenvalue weighted by Crippen LogP contribution is -2.49. The van der Waals surface area contributed by atoms with E-state index in [1.165, 1.54) is 51.2 Å². The van der Waals surface area contributed by atoms with Gasteiger partial charge in [-0.15, -0.1) is 0 Å². The van der Waals surface area contributed by atoms with E-state index in [0.29, 0.717) is 5.56 Å². The molecule has 0 saturated heterocycles. The molecule has 0 heterocycles. The summed E-state index contributed by atoms with van der Waals surface area (Å²) in [5.41, 5.74) is 10.2. The molecule has 4 heteroatoms. The van der Waals surface area contributed by atoms with Crippen LogP contribution in [0.4, 0.5) is 0 Å². The van der Waals surface area contributed by atoms with Gasteiger partial charge in [-0.2, -0.15) is 0 Å². The number of hydrogen-bond acceptors (Lipinski definition) is 3. The number of methoxy groups -OCH3 is 1. The van der Waals surface area contributed by atoms with Crippen LogP contribution in [0.2, 0.25) is 0 Å². The highest BCUT2D eigenvalue weighted by molar-refractivity contribution is 5.98. The van der Waals surface area contributed by atoms with E-state index in [4.69, 9.17) is 10.5 Å². The molecule has 7 rings (SSSR count). The Hall–Kier alpha value is -3.14. The molecule has 0 aliphatic heterocycles. The van der Waals surface area contributed by atoms with Crippen molar-refractivity contribution in [2.75, 3.05) is 7.11 Å². The minimum Gasteiger partial charge on any atom is -0.465 e. The van der Waals surface area contributed by atoms with Gasteiger partial charge in [0.15, 0.2) is 0 Å². The predicted octanol–water partition coefficient (Wildman–Crippen LogP) is 5.86. The zero-order valence-corrected chi connectivity index (χ0v) is 19.0. The molecule has 4 aliphatic carbocycles. The topological polar surface area (TPSA) is 69.4 Å². The molecule has 4 saturated carbocycles. The fourth-order valence-corrected chi connectivity index (χ4v) is 7.47. The van der Waals surface area contributed by atoms with Crippen molar-refractivity contribution in [2.24, 2.45) is 23.5 Å². The molecule has 0 spiro atoms. The molecule has 0 unspecified atom stereocenters. The maximum atomic E-state index is 12.8. The summed E-state index contributed by atoms with van der Waals surface area (Å²) in [5.74, 6) is 1.74. The van der Waals surface area contributed by atoms with Crippen LogP contribution in [0.25, 0.3) is 21.9 Å². The lowest BCUT2D eigenvalue weighted by Gasteiger charge is -2.57. The first kappa shape index (κ1) is 20.5. The van der Waals surface area contributed by atoms with E-state index < -0.39 is 5.91 Å². The molecule has 4 bridgehead atoms. The Morgan fingerprint density at radius 2 is 1.39 bits per heavy atom. The molecule has 2 N–H and O–H groups in total. The molecule has 4 fully saturated rings. The number of ether oxygens (including phenoxy) is 1. The summed E-state index contributed by atoms with van der Waals surface area (Å²) in [6, 6.07) is 18.1. The average molecular weight is 440 g/mol. The van der Waals surface area contributed by atoms with Gasteiger partial charge in [0, 0.05) is 5.56 Å². The Morgan fingerprint density at radius 3 is 2.03 bits per heavy atom. The Labute approximate surface area is 194 Å².